The lowest BCUT2D eigenvalue weighted by atomic mass is 9.94. The molecule has 1 saturated carbocycles. The molecule has 12 heavy (non-hydrogen) atoms. The Hall–Kier alpha value is -0.570. The monoisotopic (exact) mass is 171 g/mol. The fourth-order valence-corrected chi connectivity index (χ4v) is 2.19. The Morgan fingerprint density at radius 3 is 2.58 bits per heavy atom. The number of carboxylic acid groups (broad SMARTS) is 1. The van der Waals surface area contributed by atoms with Crippen molar-refractivity contribution in [1.82, 2.24) is 0 Å². The van der Waals surface area contributed by atoms with Gasteiger partial charge in [0.05, 0.1) is 5.92 Å². The minimum absolute atomic E-state index is 0.136. The van der Waals surface area contributed by atoms with Crippen molar-refractivity contribution < 1.29 is 9.90 Å². The van der Waals surface area contributed by atoms with Gasteiger partial charge in [-0.1, -0.05) is 13.3 Å². The number of carbonyl (C=O) groups is 1. The maximum absolute atomic E-state index is 10.8. The maximum Gasteiger partial charge on any atom is 0.306 e. The molecule has 1 rings (SSSR count). The van der Waals surface area contributed by atoms with Crippen LogP contribution in [0.1, 0.15) is 26.2 Å². The second kappa shape index (κ2) is 3.90. The summed E-state index contributed by atoms with van der Waals surface area (Å²) in [5, 5.41) is 8.89. The zero-order chi connectivity index (χ0) is 9.14. The molecule has 0 bridgehead atoms. The van der Waals surface area contributed by atoms with E-state index < -0.39 is 5.97 Å². The lowest BCUT2D eigenvalue weighted by molar-refractivity contribution is -0.143. The summed E-state index contributed by atoms with van der Waals surface area (Å²) in [6.45, 7) is 2.69. The molecule has 3 nitrogen and oxygen atoms in total. The standard InChI is InChI=1S/C9H17NO2/c1-2-7-3-6(5-10)4-8(7)9(11)12/h6-8H,2-5,10H2,1H3,(H,11,12). The van der Waals surface area contributed by atoms with Gasteiger partial charge in [-0.3, -0.25) is 4.79 Å². The van der Waals surface area contributed by atoms with Crippen LogP contribution in [0, 0.1) is 17.8 Å². The van der Waals surface area contributed by atoms with E-state index in [0.29, 0.717) is 18.4 Å². The molecule has 0 amide bonds. The average Bonchev–Trinajstić information content (AvgIpc) is 2.47. The van der Waals surface area contributed by atoms with E-state index in [1.165, 1.54) is 0 Å². The van der Waals surface area contributed by atoms with Crippen LogP contribution in [-0.2, 0) is 4.79 Å². The molecule has 3 heteroatoms. The number of nitrogens with two attached hydrogens (primary N) is 1. The molecule has 1 aliphatic carbocycles. The van der Waals surface area contributed by atoms with Gasteiger partial charge in [-0.2, -0.15) is 0 Å². The van der Waals surface area contributed by atoms with Gasteiger partial charge in [-0.05, 0) is 31.2 Å². The number of hydrogen-bond donors (Lipinski definition) is 2. The molecule has 0 aromatic rings. The van der Waals surface area contributed by atoms with Crippen LogP contribution >= 0.6 is 0 Å². The fourth-order valence-electron chi connectivity index (χ4n) is 2.19. The third kappa shape index (κ3) is 1.78. The predicted octanol–water partition coefficient (Wildman–Crippen LogP) is 1.08. The van der Waals surface area contributed by atoms with Crippen LogP contribution in [0.25, 0.3) is 0 Å². The summed E-state index contributed by atoms with van der Waals surface area (Å²) in [5.41, 5.74) is 5.52. The second-order valence-corrected chi connectivity index (χ2v) is 3.69. The van der Waals surface area contributed by atoms with Crippen LogP contribution < -0.4 is 5.73 Å². The van der Waals surface area contributed by atoms with E-state index in [-0.39, 0.29) is 5.92 Å². The lowest BCUT2D eigenvalue weighted by Gasteiger charge is -2.11. The summed E-state index contributed by atoms with van der Waals surface area (Å²) in [7, 11) is 0. The van der Waals surface area contributed by atoms with Crippen LogP contribution in [0.5, 0.6) is 0 Å². The molecule has 0 radical (unpaired) electrons. The van der Waals surface area contributed by atoms with Gasteiger partial charge in [-0.25, -0.2) is 0 Å². The van der Waals surface area contributed by atoms with Crippen LogP contribution in [0.2, 0.25) is 0 Å². The Morgan fingerprint density at radius 1 is 1.58 bits per heavy atom. The van der Waals surface area contributed by atoms with Gasteiger partial charge in [0.15, 0.2) is 0 Å². The van der Waals surface area contributed by atoms with Crippen molar-refractivity contribution in [2.75, 3.05) is 6.54 Å². The van der Waals surface area contributed by atoms with Crippen LogP contribution in [0.15, 0.2) is 0 Å². The van der Waals surface area contributed by atoms with E-state index in [4.69, 9.17) is 10.8 Å². The van der Waals surface area contributed by atoms with Crippen molar-refractivity contribution in [3.63, 3.8) is 0 Å². The molecule has 1 fully saturated rings. The van der Waals surface area contributed by atoms with E-state index in [0.717, 1.165) is 19.3 Å². The summed E-state index contributed by atoms with van der Waals surface area (Å²) in [5.74, 6) is 0.0217. The summed E-state index contributed by atoms with van der Waals surface area (Å²) < 4.78 is 0. The Bertz CT molecular complexity index is 170. The molecule has 3 N–H and O–H groups in total. The maximum atomic E-state index is 10.8. The first-order valence-electron chi connectivity index (χ1n) is 4.61. The topological polar surface area (TPSA) is 63.3 Å². The second-order valence-electron chi connectivity index (χ2n) is 3.69. The van der Waals surface area contributed by atoms with Gasteiger partial charge in [-0.15, -0.1) is 0 Å². The van der Waals surface area contributed by atoms with Crippen molar-refractivity contribution in [2.24, 2.45) is 23.5 Å². The molecular weight excluding hydrogens is 154 g/mol. The van der Waals surface area contributed by atoms with Crippen molar-refractivity contribution in [3.05, 3.63) is 0 Å². The van der Waals surface area contributed by atoms with E-state index in [1.54, 1.807) is 0 Å². The smallest absolute Gasteiger partial charge is 0.306 e. The van der Waals surface area contributed by atoms with E-state index in [9.17, 15) is 4.79 Å². The van der Waals surface area contributed by atoms with Crippen molar-refractivity contribution in [1.29, 1.82) is 0 Å². The Kier molecular flexibility index (Phi) is 3.09. The number of carboxylic acids is 1. The fraction of sp³-hybridized carbons (Fsp3) is 0.889. The zero-order valence-electron chi connectivity index (χ0n) is 7.49. The highest BCUT2D eigenvalue weighted by atomic mass is 16.4. The predicted molar refractivity (Wildman–Crippen MR) is 46.7 cm³/mol. The third-order valence-corrected chi connectivity index (χ3v) is 2.97. The number of rotatable bonds is 3. The first-order chi connectivity index (χ1) is 5.69. The molecule has 0 saturated heterocycles. The summed E-state index contributed by atoms with van der Waals surface area (Å²) in [6.07, 6.45) is 2.75. The SMILES string of the molecule is CCC1CC(CN)CC1C(=O)O. The van der Waals surface area contributed by atoms with E-state index in [2.05, 4.69) is 6.92 Å². The van der Waals surface area contributed by atoms with E-state index >= 15 is 0 Å². The highest BCUT2D eigenvalue weighted by Crippen LogP contribution is 2.37. The molecule has 3 unspecified atom stereocenters. The van der Waals surface area contributed by atoms with Gasteiger partial charge in [0.2, 0.25) is 0 Å². The molecule has 3 atom stereocenters. The van der Waals surface area contributed by atoms with Crippen LogP contribution in [0.3, 0.4) is 0 Å². The average molecular weight is 171 g/mol. The summed E-state index contributed by atoms with van der Waals surface area (Å²) in [6, 6.07) is 0. The van der Waals surface area contributed by atoms with Gasteiger partial charge in [0, 0.05) is 0 Å². The highest BCUT2D eigenvalue weighted by molar-refractivity contribution is 5.70. The summed E-state index contributed by atoms with van der Waals surface area (Å²) >= 11 is 0. The van der Waals surface area contributed by atoms with E-state index in [1.807, 2.05) is 0 Å². The van der Waals surface area contributed by atoms with Crippen molar-refractivity contribution in [3.8, 4) is 0 Å². The molecule has 70 valence electrons. The van der Waals surface area contributed by atoms with Crippen LogP contribution in [-0.4, -0.2) is 17.6 Å². The van der Waals surface area contributed by atoms with Crippen LogP contribution in [0.4, 0.5) is 0 Å². The van der Waals surface area contributed by atoms with Crippen molar-refractivity contribution in [2.45, 2.75) is 26.2 Å². The minimum Gasteiger partial charge on any atom is -0.481 e. The number of aliphatic carboxylic acids is 1. The molecule has 0 aliphatic heterocycles. The Morgan fingerprint density at radius 2 is 2.25 bits per heavy atom. The highest BCUT2D eigenvalue weighted by Gasteiger charge is 2.36. The third-order valence-electron chi connectivity index (χ3n) is 2.97. The normalized spacial score (nSPS) is 35.3. The molecule has 1 aliphatic rings. The van der Waals surface area contributed by atoms with Gasteiger partial charge >= 0.3 is 5.97 Å². The first-order valence-corrected chi connectivity index (χ1v) is 4.61. The number of hydrogen-bond acceptors (Lipinski definition) is 2. The largest absolute Gasteiger partial charge is 0.481 e. The first kappa shape index (κ1) is 9.52. The zero-order valence-corrected chi connectivity index (χ0v) is 7.49. The van der Waals surface area contributed by atoms with Gasteiger partial charge < -0.3 is 10.8 Å². The summed E-state index contributed by atoms with van der Waals surface area (Å²) in [4.78, 5) is 10.8. The van der Waals surface area contributed by atoms with Crippen molar-refractivity contribution >= 4 is 5.97 Å². The Balaban J connectivity index is 2.56. The minimum atomic E-state index is -0.641. The molecule has 0 aromatic heterocycles. The molecular formula is C9H17NO2. The molecule has 0 spiro atoms. The molecule has 0 heterocycles. The molecule has 0 aromatic carbocycles. The lowest BCUT2D eigenvalue weighted by Crippen LogP contribution is -2.17. The quantitative estimate of drug-likeness (QED) is 0.668. The van der Waals surface area contributed by atoms with Gasteiger partial charge in [0.25, 0.3) is 0 Å². The Labute approximate surface area is 72.9 Å². The van der Waals surface area contributed by atoms with Gasteiger partial charge in [0.1, 0.15) is 0 Å².